The molecule has 20 heavy (non-hydrogen) atoms. The minimum atomic E-state index is -3.51. The van der Waals surface area contributed by atoms with Gasteiger partial charge in [-0.15, -0.1) is 0 Å². The Bertz CT molecular complexity index is 586. The third kappa shape index (κ3) is 2.74. The van der Waals surface area contributed by atoms with Gasteiger partial charge in [-0.2, -0.15) is 4.31 Å². The smallest absolute Gasteiger partial charge is 0.243 e. The topological polar surface area (TPSA) is 72.6 Å². The van der Waals surface area contributed by atoms with Crippen LogP contribution < -0.4 is 5.73 Å². The van der Waals surface area contributed by atoms with Gasteiger partial charge in [0.05, 0.1) is 17.6 Å². The van der Waals surface area contributed by atoms with Crippen LogP contribution in [-0.4, -0.2) is 38.0 Å². The average molecular weight is 298 g/mol. The molecule has 1 heterocycles. The molecule has 1 aliphatic rings. The van der Waals surface area contributed by atoms with Gasteiger partial charge in [-0.1, -0.05) is 12.1 Å². The summed E-state index contributed by atoms with van der Waals surface area (Å²) in [5.74, 6) is 0. The van der Waals surface area contributed by atoms with Crippen LogP contribution in [-0.2, 0) is 21.3 Å². The van der Waals surface area contributed by atoms with E-state index in [-0.39, 0.29) is 12.1 Å². The first-order valence-corrected chi connectivity index (χ1v) is 8.24. The van der Waals surface area contributed by atoms with Gasteiger partial charge in [-0.05, 0) is 38.0 Å². The largest absolute Gasteiger partial charge is 0.375 e. The van der Waals surface area contributed by atoms with E-state index < -0.39 is 10.0 Å². The van der Waals surface area contributed by atoms with Crippen molar-refractivity contribution in [1.29, 1.82) is 0 Å². The fourth-order valence-corrected chi connectivity index (χ4v) is 4.46. The zero-order valence-corrected chi connectivity index (χ0v) is 13.0. The molecule has 2 atom stereocenters. The molecular formula is C14H22N2O3S. The molecule has 6 heteroatoms. The minimum absolute atomic E-state index is 0.0843. The summed E-state index contributed by atoms with van der Waals surface area (Å²) < 4.78 is 32.8. The molecule has 1 fully saturated rings. The van der Waals surface area contributed by atoms with Crippen LogP contribution in [0.25, 0.3) is 0 Å². The van der Waals surface area contributed by atoms with Gasteiger partial charge in [-0.3, -0.25) is 0 Å². The Hall–Kier alpha value is -0.950. The van der Waals surface area contributed by atoms with Gasteiger partial charge in [0.2, 0.25) is 10.0 Å². The van der Waals surface area contributed by atoms with Gasteiger partial charge in [0.25, 0.3) is 0 Å². The predicted molar refractivity (Wildman–Crippen MR) is 77.8 cm³/mol. The van der Waals surface area contributed by atoms with Gasteiger partial charge in [-0.25, -0.2) is 8.42 Å². The van der Waals surface area contributed by atoms with Crippen LogP contribution in [0.15, 0.2) is 23.1 Å². The number of hydrogen-bond donors (Lipinski definition) is 1. The standard InChI is InChI=1S/C14H22N2O3S/c1-10-9-19-11(2)8-16(10)20(17,18)14-6-4-5-13(7-15)12(14)3/h4-6,10-11H,7-9,15H2,1-3H3. The Kier molecular flexibility index (Phi) is 4.49. The second kappa shape index (κ2) is 5.81. The molecule has 5 nitrogen and oxygen atoms in total. The summed E-state index contributed by atoms with van der Waals surface area (Å²) in [6.07, 6.45) is -0.0843. The van der Waals surface area contributed by atoms with Crippen molar-refractivity contribution in [3.8, 4) is 0 Å². The maximum Gasteiger partial charge on any atom is 0.243 e. The number of benzene rings is 1. The summed E-state index contributed by atoms with van der Waals surface area (Å²) >= 11 is 0. The van der Waals surface area contributed by atoms with E-state index in [0.717, 1.165) is 11.1 Å². The van der Waals surface area contributed by atoms with Crippen molar-refractivity contribution in [2.24, 2.45) is 5.73 Å². The second-order valence-corrected chi connectivity index (χ2v) is 7.17. The van der Waals surface area contributed by atoms with Crippen molar-refractivity contribution in [2.75, 3.05) is 13.2 Å². The lowest BCUT2D eigenvalue weighted by Gasteiger charge is -2.36. The first-order chi connectivity index (χ1) is 9.37. The Balaban J connectivity index is 2.44. The summed E-state index contributed by atoms with van der Waals surface area (Å²) in [4.78, 5) is 0.349. The lowest BCUT2D eigenvalue weighted by molar-refractivity contribution is -0.0170. The first kappa shape index (κ1) is 15.4. The van der Waals surface area contributed by atoms with E-state index >= 15 is 0 Å². The normalized spacial score (nSPS) is 24.8. The van der Waals surface area contributed by atoms with Crippen molar-refractivity contribution in [3.05, 3.63) is 29.3 Å². The van der Waals surface area contributed by atoms with E-state index in [1.54, 1.807) is 12.1 Å². The van der Waals surface area contributed by atoms with Crippen LogP contribution in [0.3, 0.4) is 0 Å². The number of morpholine rings is 1. The third-order valence-electron chi connectivity index (χ3n) is 3.75. The Morgan fingerprint density at radius 3 is 2.75 bits per heavy atom. The summed E-state index contributed by atoms with van der Waals surface area (Å²) in [5, 5.41) is 0. The highest BCUT2D eigenvalue weighted by atomic mass is 32.2. The SMILES string of the molecule is Cc1c(CN)cccc1S(=O)(=O)N1CC(C)OCC1C. The van der Waals surface area contributed by atoms with Gasteiger partial charge in [0.15, 0.2) is 0 Å². The molecule has 0 bridgehead atoms. The molecule has 2 rings (SSSR count). The highest BCUT2D eigenvalue weighted by Crippen LogP contribution is 2.26. The molecule has 1 aliphatic heterocycles. The summed E-state index contributed by atoms with van der Waals surface area (Å²) in [5.41, 5.74) is 7.26. The van der Waals surface area contributed by atoms with Crippen molar-refractivity contribution >= 4 is 10.0 Å². The first-order valence-electron chi connectivity index (χ1n) is 6.80. The molecule has 0 radical (unpaired) electrons. The van der Waals surface area contributed by atoms with Crippen LogP contribution >= 0.6 is 0 Å². The molecule has 0 amide bonds. The van der Waals surface area contributed by atoms with Crippen molar-refractivity contribution in [1.82, 2.24) is 4.31 Å². The quantitative estimate of drug-likeness (QED) is 0.911. The van der Waals surface area contributed by atoms with E-state index in [4.69, 9.17) is 10.5 Å². The molecule has 0 aromatic heterocycles. The van der Waals surface area contributed by atoms with E-state index in [0.29, 0.717) is 24.6 Å². The Labute approximate surface area is 120 Å². The highest BCUT2D eigenvalue weighted by Gasteiger charge is 2.35. The monoisotopic (exact) mass is 298 g/mol. The molecule has 112 valence electrons. The van der Waals surface area contributed by atoms with Crippen LogP contribution in [0.4, 0.5) is 0 Å². The molecule has 0 aliphatic carbocycles. The Morgan fingerprint density at radius 2 is 2.10 bits per heavy atom. The number of rotatable bonds is 3. The van der Waals surface area contributed by atoms with E-state index in [2.05, 4.69) is 0 Å². The van der Waals surface area contributed by atoms with Crippen molar-refractivity contribution in [3.63, 3.8) is 0 Å². The second-order valence-electron chi connectivity index (χ2n) is 5.31. The maximum absolute atomic E-state index is 12.9. The molecular weight excluding hydrogens is 276 g/mol. The lowest BCUT2D eigenvalue weighted by atomic mass is 10.1. The number of ether oxygens (including phenoxy) is 1. The van der Waals surface area contributed by atoms with Gasteiger partial charge < -0.3 is 10.5 Å². The molecule has 1 aromatic rings. The summed E-state index contributed by atoms with van der Waals surface area (Å²) in [6, 6.07) is 5.10. The van der Waals surface area contributed by atoms with Crippen LogP contribution in [0.1, 0.15) is 25.0 Å². The Morgan fingerprint density at radius 1 is 1.40 bits per heavy atom. The van der Waals surface area contributed by atoms with Gasteiger partial charge in [0, 0.05) is 19.1 Å². The number of hydrogen-bond acceptors (Lipinski definition) is 4. The van der Waals surface area contributed by atoms with Crippen molar-refractivity contribution < 1.29 is 13.2 Å². The molecule has 0 spiro atoms. The molecule has 0 saturated carbocycles. The van der Waals surface area contributed by atoms with E-state index in [1.165, 1.54) is 4.31 Å². The molecule has 2 unspecified atom stereocenters. The number of nitrogens with zero attached hydrogens (tertiary/aromatic N) is 1. The molecule has 1 saturated heterocycles. The highest BCUT2D eigenvalue weighted by molar-refractivity contribution is 7.89. The van der Waals surface area contributed by atoms with Crippen LogP contribution in [0.2, 0.25) is 0 Å². The van der Waals surface area contributed by atoms with Gasteiger partial charge in [0.1, 0.15) is 0 Å². The number of sulfonamides is 1. The van der Waals surface area contributed by atoms with E-state index in [9.17, 15) is 8.42 Å². The minimum Gasteiger partial charge on any atom is -0.375 e. The fraction of sp³-hybridized carbons (Fsp3) is 0.571. The lowest BCUT2D eigenvalue weighted by Crippen LogP contribution is -2.50. The predicted octanol–water partition coefficient (Wildman–Crippen LogP) is 1.25. The maximum atomic E-state index is 12.9. The third-order valence-corrected chi connectivity index (χ3v) is 5.88. The number of nitrogens with two attached hydrogens (primary N) is 1. The van der Waals surface area contributed by atoms with Crippen molar-refractivity contribution in [2.45, 2.75) is 44.4 Å². The molecule has 1 aromatic carbocycles. The summed E-state index contributed by atoms with van der Waals surface area (Å²) in [7, 11) is -3.51. The van der Waals surface area contributed by atoms with E-state index in [1.807, 2.05) is 26.8 Å². The molecule has 2 N–H and O–H groups in total. The fourth-order valence-electron chi connectivity index (χ4n) is 2.49. The average Bonchev–Trinajstić information content (AvgIpc) is 2.41. The summed E-state index contributed by atoms with van der Waals surface area (Å²) in [6.45, 7) is 6.71. The van der Waals surface area contributed by atoms with Gasteiger partial charge >= 0.3 is 0 Å². The zero-order chi connectivity index (χ0) is 14.9. The van der Waals surface area contributed by atoms with Crippen LogP contribution in [0, 0.1) is 6.92 Å². The van der Waals surface area contributed by atoms with Crippen LogP contribution in [0.5, 0.6) is 0 Å². The zero-order valence-electron chi connectivity index (χ0n) is 12.2.